The topological polar surface area (TPSA) is 114 Å². The fourth-order valence-corrected chi connectivity index (χ4v) is 3.94. The van der Waals surface area contributed by atoms with Crippen molar-refractivity contribution < 1.29 is 33.3 Å². The SMILES string of the molecule is COCCOC(=O)C1=C(N)OC2=C(C(=O)CC(C)(C)C2)[C@@H]1c1ccc(C(=O)OC)cc1. The van der Waals surface area contributed by atoms with E-state index in [0.29, 0.717) is 35.3 Å². The van der Waals surface area contributed by atoms with E-state index < -0.39 is 17.9 Å². The Balaban J connectivity index is 2.07. The number of esters is 2. The lowest BCUT2D eigenvalue weighted by atomic mass is 9.70. The maximum Gasteiger partial charge on any atom is 0.340 e. The van der Waals surface area contributed by atoms with Crippen LogP contribution in [0.3, 0.4) is 0 Å². The summed E-state index contributed by atoms with van der Waals surface area (Å²) in [5, 5.41) is 0. The Labute approximate surface area is 181 Å². The van der Waals surface area contributed by atoms with E-state index in [1.165, 1.54) is 14.2 Å². The summed E-state index contributed by atoms with van der Waals surface area (Å²) in [7, 11) is 2.79. The molecule has 1 aromatic carbocycles. The zero-order chi connectivity index (χ0) is 22.8. The Bertz CT molecular complexity index is 957. The maximum atomic E-state index is 13.1. The molecule has 8 nitrogen and oxygen atoms in total. The van der Waals surface area contributed by atoms with E-state index in [-0.39, 0.29) is 35.9 Å². The molecule has 1 aliphatic heterocycles. The number of carbonyl (C=O) groups excluding carboxylic acids is 3. The molecule has 1 aliphatic carbocycles. The fraction of sp³-hybridized carbons (Fsp3) is 0.435. The number of rotatable bonds is 6. The molecule has 2 aliphatic rings. The molecule has 0 aromatic heterocycles. The largest absolute Gasteiger partial charge is 0.465 e. The monoisotopic (exact) mass is 429 g/mol. The summed E-state index contributed by atoms with van der Waals surface area (Å²) < 4.78 is 20.7. The molecule has 8 heteroatoms. The highest BCUT2D eigenvalue weighted by Gasteiger charge is 2.45. The average molecular weight is 429 g/mol. The van der Waals surface area contributed by atoms with Gasteiger partial charge in [-0.3, -0.25) is 4.79 Å². The standard InChI is InChI=1S/C23H27NO7/c1-23(2)11-15(25)18-16(12-23)31-20(24)19(22(27)30-10-9-28-3)17(18)13-5-7-14(8-6-13)21(26)29-4/h5-8,17H,9-12,24H2,1-4H3/t17-/m0/s1. The van der Waals surface area contributed by atoms with Crippen LogP contribution in [0.4, 0.5) is 0 Å². The molecule has 0 saturated carbocycles. The maximum absolute atomic E-state index is 13.1. The van der Waals surface area contributed by atoms with E-state index in [9.17, 15) is 14.4 Å². The normalized spacial score (nSPS) is 20.1. The van der Waals surface area contributed by atoms with Gasteiger partial charge in [0.2, 0.25) is 5.88 Å². The van der Waals surface area contributed by atoms with Gasteiger partial charge in [-0.15, -0.1) is 0 Å². The molecule has 0 radical (unpaired) electrons. The molecule has 2 N–H and O–H groups in total. The van der Waals surface area contributed by atoms with Crippen LogP contribution < -0.4 is 5.73 Å². The minimum absolute atomic E-state index is 0.0347. The van der Waals surface area contributed by atoms with Crippen molar-refractivity contribution in [3.63, 3.8) is 0 Å². The lowest BCUT2D eigenvalue weighted by molar-refractivity contribution is -0.141. The molecule has 31 heavy (non-hydrogen) atoms. The molecule has 1 aromatic rings. The lowest BCUT2D eigenvalue weighted by Crippen LogP contribution is -2.35. The van der Waals surface area contributed by atoms with Gasteiger partial charge in [0.25, 0.3) is 0 Å². The van der Waals surface area contributed by atoms with E-state index in [4.69, 9.17) is 24.7 Å². The second kappa shape index (κ2) is 8.93. The molecule has 0 saturated heterocycles. The van der Waals surface area contributed by atoms with E-state index in [1.54, 1.807) is 24.3 Å². The minimum Gasteiger partial charge on any atom is -0.465 e. The highest BCUT2D eigenvalue weighted by molar-refractivity contribution is 6.03. The molecular weight excluding hydrogens is 402 g/mol. The molecule has 0 spiro atoms. The molecule has 166 valence electrons. The van der Waals surface area contributed by atoms with Gasteiger partial charge in [0.15, 0.2) is 5.78 Å². The van der Waals surface area contributed by atoms with Crippen molar-refractivity contribution in [3.05, 3.63) is 58.2 Å². The van der Waals surface area contributed by atoms with Crippen LogP contribution in [0.1, 0.15) is 48.5 Å². The summed E-state index contributed by atoms with van der Waals surface area (Å²) in [6.07, 6.45) is 0.829. The minimum atomic E-state index is -0.755. The van der Waals surface area contributed by atoms with E-state index in [0.717, 1.165) is 0 Å². The van der Waals surface area contributed by atoms with Crippen molar-refractivity contribution in [3.8, 4) is 0 Å². The third kappa shape index (κ3) is 4.64. The van der Waals surface area contributed by atoms with Crippen LogP contribution >= 0.6 is 0 Å². The number of Topliss-reactive ketones (excluding diaryl/α,β-unsaturated/α-hetero) is 1. The number of benzene rings is 1. The molecule has 1 heterocycles. The van der Waals surface area contributed by atoms with Crippen LogP contribution in [0, 0.1) is 5.41 Å². The lowest BCUT2D eigenvalue weighted by Gasteiger charge is -2.38. The first-order valence-corrected chi connectivity index (χ1v) is 9.96. The molecule has 0 fully saturated rings. The van der Waals surface area contributed by atoms with Gasteiger partial charge >= 0.3 is 11.9 Å². The molecule has 3 rings (SSSR count). The number of hydrogen-bond acceptors (Lipinski definition) is 8. The molecule has 0 unspecified atom stereocenters. The van der Waals surface area contributed by atoms with Crippen molar-refractivity contribution in [2.75, 3.05) is 27.4 Å². The second-order valence-corrected chi connectivity index (χ2v) is 8.33. The van der Waals surface area contributed by atoms with Crippen LogP contribution in [-0.2, 0) is 28.5 Å². The number of hydrogen-bond donors (Lipinski definition) is 1. The van der Waals surface area contributed by atoms with E-state index in [2.05, 4.69) is 0 Å². The zero-order valence-corrected chi connectivity index (χ0v) is 18.2. The predicted molar refractivity (Wildman–Crippen MR) is 111 cm³/mol. The quantitative estimate of drug-likeness (QED) is 0.542. The van der Waals surface area contributed by atoms with E-state index >= 15 is 0 Å². The average Bonchev–Trinajstić information content (AvgIpc) is 2.71. The number of methoxy groups -OCH3 is 2. The fourth-order valence-electron chi connectivity index (χ4n) is 3.94. The van der Waals surface area contributed by atoms with Gasteiger partial charge in [-0.1, -0.05) is 26.0 Å². The Morgan fingerprint density at radius 2 is 1.77 bits per heavy atom. The summed E-state index contributed by atoms with van der Waals surface area (Å²) in [6, 6.07) is 6.52. The van der Waals surface area contributed by atoms with E-state index in [1.807, 2.05) is 13.8 Å². The Morgan fingerprint density at radius 3 is 2.39 bits per heavy atom. The van der Waals surface area contributed by atoms with Gasteiger partial charge in [0.05, 0.1) is 25.2 Å². The van der Waals surface area contributed by atoms with Gasteiger partial charge in [-0.25, -0.2) is 9.59 Å². The number of carbonyl (C=O) groups is 3. The van der Waals surface area contributed by atoms with Gasteiger partial charge in [0.1, 0.15) is 17.9 Å². The van der Waals surface area contributed by atoms with Crippen molar-refractivity contribution in [2.24, 2.45) is 11.1 Å². The van der Waals surface area contributed by atoms with Crippen LogP contribution in [0.15, 0.2) is 47.1 Å². The van der Waals surface area contributed by atoms with Crippen LogP contribution in [0.2, 0.25) is 0 Å². The molecule has 0 amide bonds. The van der Waals surface area contributed by atoms with Gasteiger partial charge < -0.3 is 24.7 Å². The first kappa shape index (κ1) is 22.6. The van der Waals surface area contributed by atoms with Crippen molar-refractivity contribution in [2.45, 2.75) is 32.6 Å². The molecule has 1 atom stereocenters. The predicted octanol–water partition coefficient (Wildman–Crippen LogP) is 2.59. The van der Waals surface area contributed by atoms with Gasteiger partial charge in [-0.05, 0) is 23.1 Å². The number of nitrogens with two attached hydrogens (primary N) is 1. The summed E-state index contributed by atoms with van der Waals surface area (Å²) in [4.78, 5) is 37.8. The Kier molecular flexibility index (Phi) is 6.50. The highest BCUT2D eigenvalue weighted by Crippen LogP contribution is 2.48. The second-order valence-electron chi connectivity index (χ2n) is 8.33. The third-order valence-corrected chi connectivity index (χ3v) is 5.36. The Hall–Kier alpha value is -3.13. The van der Waals surface area contributed by atoms with Gasteiger partial charge in [-0.2, -0.15) is 0 Å². The van der Waals surface area contributed by atoms with Crippen molar-refractivity contribution in [1.29, 1.82) is 0 Å². The summed E-state index contributed by atoms with van der Waals surface area (Å²) >= 11 is 0. The summed E-state index contributed by atoms with van der Waals surface area (Å²) in [5.41, 5.74) is 7.31. The molecular formula is C23H27NO7. The third-order valence-electron chi connectivity index (χ3n) is 5.36. The summed E-state index contributed by atoms with van der Waals surface area (Å²) in [5.74, 6) is -1.65. The van der Waals surface area contributed by atoms with Crippen molar-refractivity contribution >= 4 is 17.7 Å². The highest BCUT2D eigenvalue weighted by atomic mass is 16.6. The van der Waals surface area contributed by atoms with Crippen molar-refractivity contribution in [1.82, 2.24) is 0 Å². The Morgan fingerprint density at radius 1 is 1.10 bits per heavy atom. The number of ketones is 1. The van der Waals surface area contributed by atoms with Crippen LogP contribution in [-0.4, -0.2) is 45.2 Å². The number of allylic oxidation sites excluding steroid dienone is 2. The van der Waals surface area contributed by atoms with Crippen LogP contribution in [0.5, 0.6) is 0 Å². The zero-order valence-electron chi connectivity index (χ0n) is 18.2. The smallest absolute Gasteiger partial charge is 0.340 e. The van der Waals surface area contributed by atoms with Crippen LogP contribution in [0.25, 0.3) is 0 Å². The summed E-state index contributed by atoms with van der Waals surface area (Å²) in [6.45, 7) is 4.21. The first-order valence-electron chi connectivity index (χ1n) is 9.96. The first-order chi connectivity index (χ1) is 14.7. The number of ether oxygens (including phenoxy) is 4. The molecule has 0 bridgehead atoms. The van der Waals surface area contributed by atoms with Gasteiger partial charge in [0, 0.05) is 25.5 Å².